The van der Waals surface area contributed by atoms with Gasteiger partial charge in [0.15, 0.2) is 5.82 Å². The highest BCUT2D eigenvalue weighted by atomic mass is 16.3. The summed E-state index contributed by atoms with van der Waals surface area (Å²) < 4.78 is 3.88. The van der Waals surface area contributed by atoms with Crippen molar-refractivity contribution in [1.29, 1.82) is 0 Å². The van der Waals surface area contributed by atoms with Crippen LogP contribution in [-0.4, -0.2) is 64.0 Å². The van der Waals surface area contributed by atoms with Crippen molar-refractivity contribution in [3.63, 3.8) is 0 Å². The first-order chi connectivity index (χ1) is 18.3. The van der Waals surface area contributed by atoms with Gasteiger partial charge in [-0.2, -0.15) is 0 Å². The molecule has 2 N–H and O–H groups in total. The van der Waals surface area contributed by atoms with Crippen LogP contribution in [-0.2, 0) is 0 Å². The highest BCUT2D eigenvalue weighted by Crippen LogP contribution is 2.40. The van der Waals surface area contributed by atoms with Gasteiger partial charge in [-0.25, -0.2) is 15.0 Å². The molecule has 1 saturated carbocycles. The van der Waals surface area contributed by atoms with Crippen LogP contribution in [0.3, 0.4) is 0 Å². The quantitative estimate of drug-likeness (QED) is 0.384. The van der Waals surface area contributed by atoms with Gasteiger partial charge in [0.2, 0.25) is 0 Å². The van der Waals surface area contributed by atoms with Crippen LogP contribution in [0, 0.1) is 0 Å². The molecule has 4 aromatic rings. The number of imidazole rings is 1. The van der Waals surface area contributed by atoms with Crippen LogP contribution in [0.15, 0.2) is 49.3 Å². The number of hydrogen-bond donors (Lipinski definition) is 2. The van der Waals surface area contributed by atoms with E-state index in [-0.39, 0.29) is 17.6 Å². The monoisotopic (exact) mass is 513 g/mol. The Morgan fingerprint density at radius 3 is 2.76 bits per heavy atom. The fraction of sp³-hybridized carbons (Fsp3) is 0.407. The molecule has 4 aromatic heterocycles. The number of carbonyl (C=O) groups is 1. The maximum Gasteiger partial charge on any atom is 0.275 e. The summed E-state index contributed by atoms with van der Waals surface area (Å²) in [7, 11) is 0. The summed E-state index contributed by atoms with van der Waals surface area (Å²) in [6, 6.07) is 7.34. The van der Waals surface area contributed by atoms with Gasteiger partial charge < -0.3 is 24.5 Å². The van der Waals surface area contributed by atoms with Crippen molar-refractivity contribution in [2.24, 2.45) is 0 Å². The summed E-state index contributed by atoms with van der Waals surface area (Å²) in [6.07, 6.45) is 10.2. The average molecular weight is 514 g/mol. The molecule has 6 rings (SSSR count). The van der Waals surface area contributed by atoms with E-state index in [0.29, 0.717) is 42.8 Å². The third kappa shape index (κ3) is 4.76. The lowest BCUT2D eigenvalue weighted by atomic mass is 10.1. The first-order valence-electron chi connectivity index (χ1n) is 13.0. The van der Waals surface area contributed by atoms with E-state index in [1.807, 2.05) is 48.2 Å². The van der Waals surface area contributed by atoms with Crippen LogP contribution in [0.5, 0.6) is 0 Å². The van der Waals surface area contributed by atoms with Crippen molar-refractivity contribution in [1.82, 2.24) is 34.3 Å². The van der Waals surface area contributed by atoms with Crippen LogP contribution in [0.4, 0.5) is 11.5 Å². The number of pyridine rings is 2. The minimum absolute atomic E-state index is 0.170. The third-order valence-corrected chi connectivity index (χ3v) is 7.11. The number of anilines is 2. The number of aliphatic hydroxyl groups is 1. The van der Waals surface area contributed by atoms with Gasteiger partial charge in [-0.05, 0) is 58.2 Å². The van der Waals surface area contributed by atoms with E-state index < -0.39 is 5.60 Å². The standard InChI is InChI=1S/C27H31N9O2/c1-17(2)36-16-30-33-25(36)19-5-4-6-24(31-19)32-26(37)20-11-22(35-13-21(29-15-35)18-7-8-18)23(12-28-20)34-10-9-27(3,38)14-34/h4-6,11-13,15-18,38H,7-10,14H2,1-3H3,(H,31,32,37). The lowest BCUT2D eigenvalue weighted by Crippen LogP contribution is -2.30. The van der Waals surface area contributed by atoms with Crippen molar-refractivity contribution in [3.8, 4) is 17.2 Å². The van der Waals surface area contributed by atoms with E-state index in [9.17, 15) is 9.90 Å². The maximum atomic E-state index is 13.3. The van der Waals surface area contributed by atoms with Crippen LogP contribution in [0.25, 0.3) is 17.2 Å². The fourth-order valence-corrected chi connectivity index (χ4v) is 4.84. The van der Waals surface area contributed by atoms with Gasteiger partial charge in [0, 0.05) is 31.2 Å². The summed E-state index contributed by atoms with van der Waals surface area (Å²) >= 11 is 0. The largest absolute Gasteiger partial charge is 0.388 e. The molecule has 1 amide bonds. The first-order valence-corrected chi connectivity index (χ1v) is 13.0. The van der Waals surface area contributed by atoms with Crippen molar-refractivity contribution < 1.29 is 9.90 Å². The number of hydrogen-bond acceptors (Lipinski definition) is 8. The number of β-amino-alcohol motifs (C(OH)–C–C–N with tert-alkyl or cyclic N) is 1. The van der Waals surface area contributed by atoms with Crippen LogP contribution < -0.4 is 10.2 Å². The second-order valence-electron chi connectivity index (χ2n) is 10.7. The van der Waals surface area contributed by atoms with Gasteiger partial charge >= 0.3 is 0 Å². The molecule has 0 radical (unpaired) electrons. The summed E-state index contributed by atoms with van der Waals surface area (Å²) in [5.74, 6) is 1.17. The number of aromatic nitrogens is 7. The Bertz CT molecular complexity index is 1490. The maximum absolute atomic E-state index is 13.3. The molecule has 1 aliphatic heterocycles. The molecule has 5 heterocycles. The van der Waals surface area contributed by atoms with E-state index in [1.165, 1.54) is 0 Å². The highest BCUT2D eigenvalue weighted by Gasteiger charge is 2.33. The number of nitrogens with zero attached hydrogens (tertiary/aromatic N) is 8. The van der Waals surface area contributed by atoms with Gasteiger partial charge in [0.25, 0.3) is 5.91 Å². The predicted molar refractivity (Wildman–Crippen MR) is 142 cm³/mol. The van der Waals surface area contributed by atoms with Crippen LogP contribution >= 0.6 is 0 Å². The molecule has 0 spiro atoms. The van der Waals surface area contributed by atoms with E-state index >= 15 is 0 Å². The molecule has 2 fully saturated rings. The number of nitrogens with one attached hydrogen (secondary N) is 1. The van der Waals surface area contributed by atoms with Crippen LogP contribution in [0.1, 0.15) is 68.2 Å². The lowest BCUT2D eigenvalue weighted by molar-refractivity contribution is 0.0839. The van der Waals surface area contributed by atoms with Gasteiger partial charge in [0.05, 0.1) is 35.2 Å². The SMILES string of the molecule is CC(C)n1cnnc1-c1cccc(NC(=O)c2cc(-n3cnc(C4CC4)c3)c(N3CCC(C)(O)C3)cn2)n1. The van der Waals surface area contributed by atoms with Gasteiger partial charge in [-0.1, -0.05) is 6.07 Å². The van der Waals surface area contributed by atoms with E-state index in [0.717, 1.165) is 29.9 Å². The molecular weight excluding hydrogens is 482 g/mol. The Morgan fingerprint density at radius 1 is 1.18 bits per heavy atom. The summed E-state index contributed by atoms with van der Waals surface area (Å²) in [6.45, 7) is 7.13. The van der Waals surface area contributed by atoms with E-state index in [4.69, 9.17) is 0 Å². The highest BCUT2D eigenvalue weighted by molar-refractivity contribution is 6.03. The summed E-state index contributed by atoms with van der Waals surface area (Å²) in [5.41, 5.74) is 2.82. The molecule has 2 aliphatic rings. The molecule has 11 heteroatoms. The van der Waals surface area contributed by atoms with Crippen LogP contribution in [0.2, 0.25) is 0 Å². The van der Waals surface area contributed by atoms with E-state index in [1.54, 1.807) is 31.0 Å². The zero-order valence-corrected chi connectivity index (χ0v) is 21.7. The number of amides is 1. The Balaban J connectivity index is 1.30. The molecule has 11 nitrogen and oxygen atoms in total. The second-order valence-corrected chi connectivity index (χ2v) is 10.7. The second kappa shape index (κ2) is 9.32. The molecule has 1 saturated heterocycles. The topological polar surface area (TPSA) is 127 Å². The minimum Gasteiger partial charge on any atom is -0.388 e. The fourth-order valence-electron chi connectivity index (χ4n) is 4.84. The van der Waals surface area contributed by atoms with Crippen molar-refractivity contribution in [2.45, 2.75) is 57.6 Å². The Labute approximate surface area is 220 Å². The molecule has 1 atom stereocenters. The predicted octanol–water partition coefficient (Wildman–Crippen LogP) is 3.59. The smallest absolute Gasteiger partial charge is 0.275 e. The summed E-state index contributed by atoms with van der Waals surface area (Å²) in [5, 5.41) is 21.6. The average Bonchev–Trinajstić information content (AvgIpc) is 3.28. The molecule has 0 bridgehead atoms. The van der Waals surface area contributed by atoms with Crippen molar-refractivity contribution in [2.75, 3.05) is 23.3 Å². The van der Waals surface area contributed by atoms with E-state index in [2.05, 4.69) is 35.4 Å². The number of rotatable bonds is 7. The zero-order valence-electron chi connectivity index (χ0n) is 21.7. The Morgan fingerprint density at radius 2 is 2.03 bits per heavy atom. The van der Waals surface area contributed by atoms with Gasteiger partial charge in [0.1, 0.15) is 23.5 Å². The molecular formula is C27H31N9O2. The molecule has 0 aromatic carbocycles. The number of carbonyl (C=O) groups excluding carboxylic acids is 1. The third-order valence-electron chi connectivity index (χ3n) is 7.11. The molecule has 1 aliphatic carbocycles. The van der Waals surface area contributed by atoms with Gasteiger partial charge in [-0.3, -0.25) is 4.79 Å². The first kappa shape index (κ1) is 24.2. The van der Waals surface area contributed by atoms with Gasteiger partial charge in [-0.15, -0.1) is 10.2 Å². The summed E-state index contributed by atoms with van der Waals surface area (Å²) in [4.78, 5) is 29.1. The molecule has 1 unspecified atom stereocenters. The van der Waals surface area contributed by atoms with Crippen molar-refractivity contribution >= 4 is 17.4 Å². The molecule has 38 heavy (non-hydrogen) atoms. The Kier molecular flexibility index (Phi) is 5.94. The van der Waals surface area contributed by atoms with Crippen molar-refractivity contribution in [3.05, 3.63) is 60.7 Å². The normalized spacial score (nSPS) is 19.3. The zero-order chi connectivity index (χ0) is 26.4. The Hall–Kier alpha value is -4.12. The minimum atomic E-state index is -0.766. The lowest BCUT2D eigenvalue weighted by Gasteiger charge is -2.23. The molecule has 196 valence electrons.